The lowest BCUT2D eigenvalue weighted by atomic mass is 10.2. The number of rotatable bonds is 2. The molecule has 0 aliphatic rings. The van der Waals surface area contributed by atoms with Gasteiger partial charge in [-0.25, -0.2) is 9.37 Å². The average Bonchev–Trinajstić information content (AvgIpc) is 2.79. The number of thiazole rings is 1. The molecule has 0 radical (unpaired) electrons. The van der Waals surface area contributed by atoms with Gasteiger partial charge in [0.1, 0.15) is 5.82 Å². The molecule has 21 heavy (non-hydrogen) atoms. The van der Waals surface area contributed by atoms with Gasteiger partial charge in [-0.15, -0.1) is 0 Å². The topological polar surface area (TPSA) is 24.9 Å². The third-order valence-electron chi connectivity index (χ3n) is 2.82. The Bertz CT molecular complexity index is 795. The van der Waals surface area contributed by atoms with Crippen LogP contribution in [-0.4, -0.2) is 4.98 Å². The van der Waals surface area contributed by atoms with Gasteiger partial charge in [0.15, 0.2) is 5.13 Å². The number of benzene rings is 2. The number of hydrogen-bond donors (Lipinski definition) is 1. The van der Waals surface area contributed by atoms with Gasteiger partial charge in [0.2, 0.25) is 0 Å². The number of aromatic nitrogens is 1. The van der Waals surface area contributed by atoms with Crippen LogP contribution in [0.1, 0.15) is 5.56 Å². The number of para-hydroxylation sites is 1. The summed E-state index contributed by atoms with van der Waals surface area (Å²) < 4.78 is 52.4. The number of alkyl halides is 3. The normalized spacial score (nSPS) is 11.8. The van der Waals surface area contributed by atoms with E-state index in [1.807, 2.05) is 0 Å². The molecular formula is C14H8F4N2S. The van der Waals surface area contributed by atoms with E-state index in [-0.39, 0.29) is 10.8 Å². The van der Waals surface area contributed by atoms with Crippen molar-refractivity contribution in [3.05, 3.63) is 53.8 Å². The van der Waals surface area contributed by atoms with Gasteiger partial charge in [-0.2, -0.15) is 13.2 Å². The first-order valence-corrected chi connectivity index (χ1v) is 6.74. The van der Waals surface area contributed by atoms with Gasteiger partial charge in [-0.3, -0.25) is 0 Å². The zero-order valence-corrected chi connectivity index (χ0v) is 11.2. The highest BCUT2D eigenvalue weighted by Crippen LogP contribution is 2.37. The average molecular weight is 312 g/mol. The number of fused-ring (bicyclic) bond motifs is 1. The first kappa shape index (κ1) is 13.8. The fraction of sp³-hybridized carbons (Fsp3) is 0.0714. The van der Waals surface area contributed by atoms with Crippen LogP contribution in [0.15, 0.2) is 42.5 Å². The second-order valence-corrected chi connectivity index (χ2v) is 5.33. The van der Waals surface area contributed by atoms with Crippen molar-refractivity contribution in [3.63, 3.8) is 0 Å². The van der Waals surface area contributed by atoms with Crippen molar-refractivity contribution in [3.8, 4) is 0 Å². The minimum atomic E-state index is -4.45. The predicted octanol–water partition coefficient (Wildman–Crippen LogP) is 5.20. The summed E-state index contributed by atoms with van der Waals surface area (Å²) in [5, 5.41) is 2.94. The molecule has 2 nitrogen and oxygen atoms in total. The van der Waals surface area contributed by atoms with Crippen molar-refractivity contribution in [2.75, 3.05) is 5.32 Å². The SMILES string of the molecule is Fc1ccc2nc(Nc3ccccc3C(F)(F)F)sc2c1. The highest BCUT2D eigenvalue weighted by Gasteiger charge is 2.33. The number of halogens is 4. The second kappa shape index (κ2) is 5.00. The molecule has 7 heteroatoms. The summed E-state index contributed by atoms with van der Waals surface area (Å²) in [7, 11) is 0. The van der Waals surface area contributed by atoms with Gasteiger partial charge >= 0.3 is 6.18 Å². The van der Waals surface area contributed by atoms with E-state index in [0.29, 0.717) is 10.2 Å². The van der Waals surface area contributed by atoms with Crippen molar-refractivity contribution in [1.82, 2.24) is 4.98 Å². The van der Waals surface area contributed by atoms with E-state index in [4.69, 9.17) is 0 Å². The van der Waals surface area contributed by atoms with Crippen LogP contribution in [0.4, 0.5) is 28.4 Å². The Morgan fingerprint density at radius 3 is 2.57 bits per heavy atom. The molecule has 0 aliphatic carbocycles. The summed E-state index contributed by atoms with van der Waals surface area (Å²) in [5.74, 6) is -0.409. The van der Waals surface area contributed by atoms with Gasteiger partial charge in [0, 0.05) is 0 Å². The van der Waals surface area contributed by atoms with Crippen LogP contribution in [0.3, 0.4) is 0 Å². The van der Waals surface area contributed by atoms with Crippen molar-refractivity contribution in [2.24, 2.45) is 0 Å². The monoisotopic (exact) mass is 312 g/mol. The van der Waals surface area contributed by atoms with Crippen LogP contribution >= 0.6 is 11.3 Å². The van der Waals surface area contributed by atoms with E-state index in [2.05, 4.69) is 10.3 Å². The fourth-order valence-electron chi connectivity index (χ4n) is 1.91. The Balaban J connectivity index is 1.99. The lowest BCUT2D eigenvalue weighted by Gasteiger charge is -2.12. The molecule has 0 bridgehead atoms. The molecule has 0 fully saturated rings. The largest absolute Gasteiger partial charge is 0.418 e. The van der Waals surface area contributed by atoms with Crippen LogP contribution in [0.25, 0.3) is 10.2 Å². The minimum Gasteiger partial charge on any atom is -0.331 e. The van der Waals surface area contributed by atoms with E-state index in [1.165, 1.54) is 36.4 Å². The summed E-state index contributed by atoms with van der Waals surface area (Å²) in [6, 6.07) is 9.20. The molecule has 2 aromatic carbocycles. The maximum Gasteiger partial charge on any atom is 0.418 e. The molecule has 3 rings (SSSR count). The highest BCUT2D eigenvalue weighted by atomic mass is 32.1. The Morgan fingerprint density at radius 2 is 1.81 bits per heavy atom. The van der Waals surface area contributed by atoms with E-state index >= 15 is 0 Å². The van der Waals surface area contributed by atoms with Crippen LogP contribution in [0, 0.1) is 5.82 Å². The van der Waals surface area contributed by atoms with Crippen LogP contribution in [0.5, 0.6) is 0 Å². The highest BCUT2D eigenvalue weighted by molar-refractivity contribution is 7.22. The van der Waals surface area contributed by atoms with Gasteiger partial charge in [-0.1, -0.05) is 23.5 Å². The molecule has 1 N–H and O–H groups in total. The third kappa shape index (κ3) is 2.82. The smallest absolute Gasteiger partial charge is 0.331 e. The van der Waals surface area contributed by atoms with E-state index in [9.17, 15) is 17.6 Å². The maximum absolute atomic E-state index is 13.1. The van der Waals surface area contributed by atoms with Crippen LogP contribution < -0.4 is 5.32 Å². The molecular weight excluding hydrogens is 304 g/mol. The summed E-state index contributed by atoms with van der Waals surface area (Å²) >= 11 is 1.10. The first-order valence-electron chi connectivity index (χ1n) is 5.93. The molecule has 108 valence electrons. The predicted molar refractivity (Wildman–Crippen MR) is 74.3 cm³/mol. The van der Waals surface area contributed by atoms with Gasteiger partial charge < -0.3 is 5.32 Å². The second-order valence-electron chi connectivity index (χ2n) is 4.30. The molecule has 0 amide bonds. The van der Waals surface area contributed by atoms with Crippen molar-refractivity contribution in [1.29, 1.82) is 0 Å². The van der Waals surface area contributed by atoms with Gasteiger partial charge in [-0.05, 0) is 30.3 Å². The zero-order valence-electron chi connectivity index (χ0n) is 10.4. The number of nitrogens with one attached hydrogen (secondary N) is 1. The molecule has 0 spiro atoms. The quantitative estimate of drug-likeness (QED) is 0.658. The molecule has 1 aromatic heterocycles. The van der Waals surface area contributed by atoms with E-state index < -0.39 is 17.6 Å². The fourth-order valence-corrected chi connectivity index (χ4v) is 2.81. The zero-order chi connectivity index (χ0) is 15.0. The molecule has 0 saturated heterocycles. The molecule has 0 unspecified atom stereocenters. The Kier molecular flexibility index (Phi) is 3.29. The summed E-state index contributed by atoms with van der Waals surface area (Å²) in [6.45, 7) is 0. The Hall–Kier alpha value is -2.15. The Morgan fingerprint density at radius 1 is 1.05 bits per heavy atom. The summed E-state index contributed by atoms with van der Waals surface area (Å²) in [5.41, 5.74) is -0.312. The Labute approximate surface area is 121 Å². The molecule has 0 atom stereocenters. The van der Waals surface area contributed by atoms with Crippen molar-refractivity contribution < 1.29 is 17.6 Å². The first-order chi connectivity index (χ1) is 9.93. The van der Waals surface area contributed by atoms with Crippen molar-refractivity contribution >= 4 is 32.4 Å². The van der Waals surface area contributed by atoms with Gasteiger partial charge in [0.25, 0.3) is 0 Å². The standard InChI is InChI=1S/C14H8F4N2S/c15-8-5-6-11-12(7-8)21-13(20-11)19-10-4-2-1-3-9(10)14(16,17)18/h1-7H,(H,19,20). The third-order valence-corrected chi connectivity index (χ3v) is 3.76. The lowest BCUT2D eigenvalue weighted by molar-refractivity contribution is -0.136. The summed E-state index contributed by atoms with van der Waals surface area (Å²) in [4.78, 5) is 4.15. The van der Waals surface area contributed by atoms with Crippen LogP contribution in [-0.2, 0) is 6.18 Å². The molecule has 0 aliphatic heterocycles. The number of nitrogens with zero attached hydrogens (tertiary/aromatic N) is 1. The number of hydrogen-bond acceptors (Lipinski definition) is 3. The van der Waals surface area contributed by atoms with Gasteiger partial charge in [0.05, 0.1) is 21.5 Å². The molecule has 1 heterocycles. The lowest BCUT2D eigenvalue weighted by Crippen LogP contribution is -2.08. The van der Waals surface area contributed by atoms with Crippen LogP contribution in [0.2, 0.25) is 0 Å². The van der Waals surface area contributed by atoms with E-state index in [0.717, 1.165) is 17.4 Å². The minimum absolute atomic E-state index is 0.0791. The molecule has 3 aromatic rings. The van der Waals surface area contributed by atoms with Crippen molar-refractivity contribution in [2.45, 2.75) is 6.18 Å². The number of anilines is 2. The van der Waals surface area contributed by atoms with E-state index in [1.54, 1.807) is 0 Å². The maximum atomic E-state index is 13.1. The summed E-state index contributed by atoms with van der Waals surface area (Å²) in [6.07, 6.45) is -4.45. The molecule has 0 saturated carbocycles.